The van der Waals surface area contributed by atoms with E-state index in [4.69, 9.17) is 0 Å². The van der Waals surface area contributed by atoms with Gasteiger partial charge in [-0.15, -0.1) is 11.3 Å². The van der Waals surface area contributed by atoms with Gasteiger partial charge in [-0.2, -0.15) is 0 Å². The first-order chi connectivity index (χ1) is 9.06. The molecule has 0 fully saturated rings. The number of hydrogen-bond donors (Lipinski definition) is 1. The summed E-state index contributed by atoms with van der Waals surface area (Å²) in [6, 6.07) is 11.5. The first kappa shape index (κ1) is 13.3. The Hall–Kier alpha value is -0.690. The zero-order valence-corrected chi connectivity index (χ0v) is 13.2. The molecule has 0 radical (unpaired) electrons. The Morgan fingerprint density at radius 3 is 2.74 bits per heavy atom. The fourth-order valence-electron chi connectivity index (χ4n) is 2.27. The van der Waals surface area contributed by atoms with E-state index in [9.17, 15) is 8.42 Å². The molecule has 1 aromatic heterocycles. The minimum absolute atomic E-state index is 0.300. The summed E-state index contributed by atoms with van der Waals surface area (Å²) in [7, 11) is -3.37. The Morgan fingerprint density at radius 1 is 1.26 bits per heavy atom. The van der Waals surface area contributed by atoms with E-state index in [0.717, 1.165) is 10.2 Å². The normalized spacial score (nSPS) is 17.8. The highest BCUT2D eigenvalue weighted by Gasteiger charge is 2.27. The van der Waals surface area contributed by atoms with Crippen LogP contribution in [0, 0.1) is 0 Å². The van der Waals surface area contributed by atoms with Gasteiger partial charge in [-0.25, -0.2) is 13.1 Å². The lowest BCUT2D eigenvalue weighted by Crippen LogP contribution is -2.32. The zero-order chi connectivity index (χ0) is 13.5. The van der Waals surface area contributed by atoms with Gasteiger partial charge in [0.15, 0.2) is 0 Å². The van der Waals surface area contributed by atoms with Gasteiger partial charge in [0, 0.05) is 12.5 Å². The molecule has 6 heteroatoms. The lowest BCUT2D eigenvalue weighted by Gasteiger charge is -2.29. The molecule has 1 unspecified atom stereocenters. The second-order valence-corrected chi connectivity index (χ2v) is 8.97. The number of halogens is 1. The summed E-state index contributed by atoms with van der Waals surface area (Å²) in [5, 5.41) is 0. The van der Waals surface area contributed by atoms with Crippen molar-refractivity contribution in [3.8, 4) is 0 Å². The summed E-state index contributed by atoms with van der Waals surface area (Å²) in [6.07, 6.45) is 0.951. The van der Waals surface area contributed by atoms with Gasteiger partial charge in [0.2, 0.25) is 10.0 Å². The predicted octanol–water partition coefficient (Wildman–Crippen LogP) is 3.13. The van der Waals surface area contributed by atoms with Crippen LogP contribution in [0.15, 0.2) is 44.4 Å². The van der Waals surface area contributed by atoms with Gasteiger partial charge < -0.3 is 0 Å². The van der Waals surface area contributed by atoms with Crippen LogP contribution in [-0.4, -0.2) is 15.0 Å². The van der Waals surface area contributed by atoms with Crippen molar-refractivity contribution >= 4 is 37.3 Å². The van der Waals surface area contributed by atoms with Crippen molar-refractivity contribution in [3.05, 3.63) is 51.3 Å². The van der Waals surface area contributed by atoms with Crippen LogP contribution in [0.4, 0.5) is 0 Å². The van der Waals surface area contributed by atoms with Crippen LogP contribution in [0.5, 0.6) is 0 Å². The third-order valence-corrected chi connectivity index (χ3v) is 6.83. The van der Waals surface area contributed by atoms with Gasteiger partial charge in [0.25, 0.3) is 0 Å². The van der Waals surface area contributed by atoms with Crippen molar-refractivity contribution < 1.29 is 8.42 Å². The molecule has 1 N–H and O–H groups in total. The molecular weight excluding hydrogens is 346 g/mol. The number of fused-ring (bicyclic) bond motifs is 1. The van der Waals surface area contributed by atoms with E-state index in [1.165, 1.54) is 22.5 Å². The molecule has 1 aliphatic carbocycles. The Balaban J connectivity index is 1.68. The lowest BCUT2D eigenvalue weighted by atomic mass is 9.78. The Bertz CT molecular complexity index is 709. The maximum atomic E-state index is 12.1. The molecule has 3 nitrogen and oxygen atoms in total. The van der Waals surface area contributed by atoms with E-state index in [1.807, 2.05) is 12.1 Å². The number of rotatable bonds is 4. The molecule has 0 bridgehead atoms. The average Bonchev–Trinajstić information content (AvgIpc) is 2.78. The van der Waals surface area contributed by atoms with Gasteiger partial charge in [-0.1, -0.05) is 24.3 Å². The minimum atomic E-state index is -3.37. The number of hydrogen-bond acceptors (Lipinski definition) is 3. The van der Waals surface area contributed by atoms with Crippen LogP contribution in [0.25, 0.3) is 0 Å². The lowest BCUT2D eigenvalue weighted by molar-refractivity contribution is 0.553. The zero-order valence-electron chi connectivity index (χ0n) is 9.97. The first-order valence-corrected chi connectivity index (χ1v) is 8.98. The summed E-state index contributed by atoms with van der Waals surface area (Å²) >= 11 is 4.50. The second kappa shape index (κ2) is 5.01. The fraction of sp³-hybridized carbons (Fsp3) is 0.231. The maximum Gasteiger partial charge on any atom is 0.250 e. The van der Waals surface area contributed by atoms with E-state index in [1.54, 1.807) is 12.1 Å². The largest absolute Gasteiger partial charge is 0.250 e. The molecule has 0 saturated carbocycles. The number of sulfonamides is 1. The van der Waals surface area contributed by atoms with Crippen molar-refractivity contribution in [1.82, 2.24) is 4.72 Å². The summed E-state index contributed by atoms with van der Waals surface area (Å²) < 4.78 is 28.0. The summed E-state index contributed by atoms with van der Waals surface area (Å²) in [5.74, 6) is 0.300. The Morgan fingerprint density at radius 2 is 2.05 bits per heavy atom. The second-order valence-electron chi connectivity index (χ2n) is 4.51. The number of benzene rings is 1. The van der Waals surface area contributed by atoms with Crippen LogP contribution >= 0.6 is 27.3 Å². The van der Waals surface area contributed by atoms with E-state index in [2.05, 4.69) is 32.8 Å². The highest BCUT2D eigenvalue weighted by molar-refractivity contribution is 9.11. The maximum absolute atomic E-state index is 12.1. The average molecular weight is 358 g/mol. The molecular formula is C13H12BrNO2S2. The predicted molar refractivity (Wildman–Crippen MR) is 80.1 cm³/mol. The summed E-state index contributed by atoms with van der Waals surface area (Å²) in [6.45, 7) is 0.467. The van der Waals surface area contributed by atoms with Gasteiger partial charge in [0.05, 0.1) is 3.79 Å². The van der Waals surface area contributed by atoms with E-state index in [-0.39, 0.29) is 0 Å². The molecule has 1 heterocycles. The van der Waals surface area contributed by atoms with Gasteiger partial charge in [-0.3, -0.25) is 0 Å². The minimum Gasteiger partial charge on any atom is -0.210 e. The first-order valence-electron chi connectivity index (χ1n) is 5.89. The van der Waals surface area contributed by atoms with Crippen molar-refractivity contribution in [2.24, 2.45) is 0 Å². The molecule has 1 aromatic carbocycles. The molecule has 1 atom stereocenters. The van der Waals surface area contributed by atoms with Crippen molar-refractivity contribution in [2.45, 2.75) is 16.5 Å². The van der Waals surface area contributed by atoms with Crippen LogP contribution in [0.1, 0.15) is 17.0 Å². The molecule has 1 aliphatic rings. The highest BCUT2D eigenvalue weighted by atomic mass is 79.9. The molecule has 0 spiro atoms. The molecule has 0 saturated heterocycles. The summed E-state index contributed by atoms with van der Waals surface area (Å²) in [4.78, 5) is 0. The quantitative estimate of drug-likeness (QED) is 0.913. The number of thiophene rings is 1. The molecule has 19 heavy (non-hydrogen) atoms. The standard InChI is InChI=1S/C13H12BrNO2S2/c14-12-5-6-13(18-12)19(16,17)15-8-10-7-9-3-1-2-4-11(9)10/h1-6,10,15H,7-8H2. The molecule has 100 valence electrons. The number of nitrogens with one attached hydrogen (secondary N) is 1. The molecule has 2 aromatic rings. The van der Waals surface area contributed by atoms with Crippen molar-refractivity contribution in [2.75, 3.05) is 6.54 Å². The van der Waals surface area contributed by atoms with Crippen LogP contribution < -0.4 is 4.72 Å². The smallest absolute Gasteiger partial charge is 0.210 e. The highest BCUT2D eigenvalue weighted by Crippen LogP contribution is 2.34. The molecule has 3 rings (SSSR count). The third kappa shape index (κ3) is 2.63. The van der Waals surface area contributed by atoms with Crippen molar-refractivity contribution in [1.29, 1.82) is 0 Å². The van der Waals surface area contributed by atoms with E-state index >= 15 is 0 Å². The van der Waals surface area contributed by atoms with E-state index < -0.39 is 10.0 Å². The Labute approximate surface area is 124 Å². The van der Waals surface area contributed by atoms with Gasteiger partial charge >= 0.3 is 0 Å². The SMILES string of the molecule is O=S(=O)(NCC1Cc2ccccc21)c1ccc(Br)s1. The van der Waals surface area contributed by atoms with Crippen molar-refractivity contribution in [3.63, 3.8) is 0 Å². The molecule has 0 aliphatic heterocycles. The summed E-state index contributed by atoms with van der Waals surface area (Å²) in [5.41, 5.74) is 2.59. The molecule has 0 amide bonds. The third-order valence-electron chi connectivity index (χ3n) is 3.29. The van der Waals surface area contributed by atoms with Gasteiger partial charge in [-0.05, 0) is 45.6 Å². The van der Waals surface area contributed by atoms with Crippen LogP contribution in [0.2, 0.25) is 0 Å². The van der Waals surface area contributed by atoms with Gasteiger partial charge in [0.1, 0.15) is 4.21 Å². The van der Waals surface area contributed by atoms with Crippen LogP contribution in [0.3, 0.4) is 0 Å². The topological polar surface area (TPSA) is 46.2 Å². The van der Waals surface area contributed by atoms with Crippen LogP contribution in [-0.2, 0) is 16.4 Å². The van der Waals surface area contributed by atoms with E-state index in [0.29, 0.717) is 16.7 Å². The fourth-order valence-corrected chi connectivity index (χ4v) is 5.40. The Kier molecular flexibility index (Phi) is 3.51. The monoisotopic (exact) mass is 357 g/mol.